The fraction of sp³-hybridized carbons (Fsp3) is 0.167. The highest BCUT2D eigenvalue weighted by Crippen LogP contribution is 2.21. The molecule has 108 valence electrons. The zero-order chi connectivity index (χ0) is 15.1. The Morgan fingerprint density at radius 2 is 1.71 bits per heavy atom. The maximum atomic E-state index is 12.2. The van der Waals surface area contributed by atoms with Gasteiger partial charge in [0.2, 0.25) is 0 Å². The van der Waals surface area contributed by atoms with E-state index >= 15 is 0 Å². The molecule has 0 radical (unpaired) electrons. The van der Waals surface area contributed by atoms with E-state index in [1.54, 1.807) is 12.1 Å². The van der Waals surface area contributed by atoms with E-state index in [-0.39, 0.29) is 0 Å². The number of carbonyl (C=O) groups excluding carboxylic acids is 1. The maximum Gasteiger partial charge on any atom is 0.345 e. The van der Waals surface area contributed by atoms with Crippen molar-refractivity contribution in [3.8, 4) is 5.75 Å². The molecule has 0 N–H and O–H groups in total. The van der Waals surface area contributed by atoms with Crippen LogP contribution >= 0.6 is 0 Å². The summed E-state index contributed by atoms with van der Waals surface area (Å²) in [6.45, 7) is 1.96. The Kier molecular flexibility index (Phi) is 5.29. The molecule has 2 aromatic rings. The number of carbonyl (C=O) groups is 1. The second kappa shape index (κ2) is 7.41. The van der Waals surface area contributed by atoms with Crippen LogP contribution in [0.3, 0.4) is 0 Å². The van der Waals surface area contributed by atoms with Gasteiger partial charge in [0, 0.05) is 7.11 Å². The third-order valence-electron chi connectivity index (χ3n) is 3.01. The van der Waals surface area contributed by atoms with Crippen molar-refractivity contribution in [3.05, 3.63) is 71.8 Å². The number of benzene rings is 2. The number of allylic oxidation sites excluding steroid dienone is 1. The zero-order valence-electron chi connectivity index (χ0n) is 12.2. The van der Waals surface area contributed by atoms with Gasteiger partial charge in [-0.15, -0.1) is 0 Å². The van der Waals surface area contributed by atoms with Crippen LogP contribution in [0.2, 0.25) is 0 Å². The third kappa shape index (κ3) is 4.04. The molecule has 0 amide bonds. The van der Waals surface area contributed by atoms with E-state index in [0.717, 1.165) is 11.1 Å². The van der Waals surface area contributed by atoms with Crippen LogP contribution in [-0.4, -0.2) is 13.1 Å². The van der Waals surface area contributed by atoms with Crippen LogP contribution in [0, 0.1) is 0 Å². The highest BCUT2D eigenvalue weighted by Gasteiger charge is 2.22. The van der Waals surface area contributed by atoms with E-state index in [4.69, 9.17) is 9.47 Å². The van der Waals surface area contributed by atoms with Gasteiger partial charge in [0.25, 0.3) is 0 Å². The van der Waals surface area contributed by atoms with Crippen LogP contribution in [0.15, 0.2) is 60.7 Å². The summed E-state index contributed by atoms with van der Waals surface area (Å²) in [6, 6.07) is 16.6. The average Bonchev–Trinajstić information content (AvgIpc) is 2.51. The van der Waals surface area contributed by atoms with Crippen molar-refractivity contribution in [3.63, 3.8) is 0 Å². The van der Waals surface area contributed by atoms with Crippen LogP contribution in [0.1, 0.15) is 24.2 Å². The van der Waals surface area contributed by atoms with Gasteiger partial charge < -0.3 is 9.47 Å². The number of hydrogen-bond acceptors (Lipinski definition) is 3. The molecule has 3 nitrogen and oxygen atoms in total. The molecular weight excluding hydrogens is 264 g/mol. The number of hydrogen-bond donors (Lipinski definition) is 0. The predicted octanol–water partition coefficient (Wildman–Crippen LogP) is 4.01. The first-order chi connectivity index (χ1) is 10.2. The summed E-state index contributed by atoms with van der Waals surface area (Å²) in [4.78, 5) is 12.2. The lowest BCUT2D eigenvalue weighted by atomic mass is 10.1. The summed E-state index contributed by atoms with van der Waals surface area (Å²) in [5, 5.41) is 0. The van der Waals surface area contributed by atoms with E-state index in [1.165, 1.54) is 7.11 Å². The molecule has 21 heavy (non-hydrogen) atoms. The molecule has 0 saturated carbocycles. The van der Waals surface area contributed by atoms with Gasteiger partial charge in [-0.2, -0.15) is 0 Å². The van der Waals surface area contributed by atoms with Crippen molar-refractivity contribution in [2.45, 2.75) is 13.0 Å². The molecule has 0 aliphatic carbocycles. The number of rotatable bonds is 5. The fourth-order valence-corrected chi connectivity index (χ4v) is 2.00. The van der Waals surface area contributed by atoms with Gasteiger partial charge >= 0.3 is 5.97 Å². The number of esters is 1. The Bertz CT molecular complexity index is 600. The molecule has 3 heteroatoms. The molecule has 0 aliphatic rings. The highest BCUT2D eigenvalue weighted by molar-refractivity contribution is 5.79. The Hall–Kier alpha value is -2.39. The normalized spacial score (nSPS) is 12.3. The minimum absolute atomic E-state index is 0.428. The first kappa shape index (κ1) is 15.0. The van der Waals surface area contributed by atoms with Crippen molar-refractivity contribution in [2.24, 2.45) is 0 Å². The van der Waals surface area contributed by atoms with E-state index < -0.39 is 12.1 Å². The van der Waals surface area contributed by atoms with Gasteiger partial charge in [-0.05, 0) is 30.2 Å². The molecule has 0 saturated heterocycles. The molecule has 1 unspecified atom stereocenters. The van der Waals surface area contributed by atoms with E-state index in [0.29, 0.717) is 5.75 Å². The quantitative estimate of drug-likeness (QED) is 0.614. The highest BCUT2D eigenvalue weighted by atomic mass is 16.6. The standard InChI is InChI=1S/C18H18O3/c1-3-7-14-10-12-15(13-11-14)17(20-2)18(19)21-16-8-5-4-6-9-16/h3-13,17H,1-2H3. The van der Waals surface area contributed by atoms with Crippen LogP contribution in [0.5, 0.6) is 5.75 Å². The summed E-state index contributed by atoms with van der Waals surface area (Å²) in [5.41, 5.74) is 1.85. The van der Waals surface area contributed by atoms with E-state index in [1.807, 2.05) is 61.5 Å². The van der Waals surface area contributed by atoms with Gasteiger partial charge in [0.05, 0.1) is 0 Å². The second-order valence-corrected chi connectivity index (χ2v) is 4.52. The van der Waals surface area contributed by atoms with Crippen molar-refractivity contribution in [2.75, 3.05) is 7.11 Å². The van der Waals surface area contributed by atoms with E-state index in [9.17, 15) is 4.79 Å². The summed E-state index contributed by atoms with van der Waals surface area (Å²) >= 11 is 0. The summed E-state index contributed by atoms with van der Waals surface area (Å²) < 4.78 is 10.6. The SMILES string of the molecule is CC=Cc1ccc(C(OC)C(=O)Oc2ccccc2)cc1. The number of ether oxygens (including phenoxy) is 2. The van der Waals surface area contributed by atoms with Crippen molar-refractivity contribution >= 4 is 12.0 Å². The summed E-state index contributed by atoms with van der Waals surface area (Å²) in [5.74, 6) is 0.0811. The van der Waals surface area contributed by atoms with Crippen molar-refractivity contribution < 1.29 is 14.3 Å². The molecule has 0 aromatic heterocycles. The van der Waals surface area contributed by atoms with Crippen molar-refractivity contribution in [1.29, 1.82) is 0 Å². The smallest absolute Gasteiger partial charge is 0.345 e. The topological polar surface area (TPSA) is 35.5 Å². The zero-order valence-corrected chi connectivity index (χ0v) is 12.2. The first-order valence-corrected chi connectivity index (χ1v) is 6.77. The Labute approximate surface area is 124 Å². The van der Waals surface area contributed by atoms with Crippen LogP contribution in [0.25, 0.3) is 6.08 Å². The number of methoxy groups -OCH3 is 1. The predicted molar refractivity (Wildman–Crippen MR) is 83.0 cm³/mol. The van der Waals surface area contributed by atoms with Gasteiger partial charge in [0.15, 0.2) is 6.10 Å². The first-order valence-electron chi connectivity index (χ1n) is 6.77. The third-order valence-corrected chi connectivity index (χ3v) is 3.01. The Morgan fingerprint density at radius 1 is 1.05 bits per heavy atom. The van der Waals surface area contributed by atoms with Gasteiger partial charge in [-0.1, -0.05) is 54.6 Å². The molecule has 0 heterocycles. The lowest BCUT2D eigenvalue weighted by Gasteiger charge is -2.14. The Balaban J connectivity index is 2.13. The van der Waals surface area contributed by atoms with Gasteiger partial charge in [-0.25, -0.2) is 4.79 Å². The molecular formula is C18H18O3. The van der Waals surface area contributed by atoms with Gasteiger partial charge in [0.1, 0.15) is 5.75 Å². The maximum absolute atomic E-state index is 12.2. The van der Waals surface area contributed by atoms with E-state index in [2.05, 4.69) is 0 Å². The Morgan fingerprint density at radius 3 is 2.29 bits per heavy atom. The molecule has 0 aliphatic heterocycles. The van der Waals surface area contributed by atoms with Gasteiger partial charge in [-0.3, -0.25) is 0 Å². The second-order valence-electron chi connectivity index (χ2n) is 4.52. The molecule has 0 spiro atoms. The number of para-hydroxylation sites is 1. The fourth-order valence-electron chi connectivity index (χ4n) is 2.00. The molecule has 2 aromatic carbocycles. The molecule has 2 rings (SSSR count). The van der Waals surface area contributed by atoms with Crippen molar-refractivity contribution in [1.82, 2.24) is 0 Å². The average molecular weight is 282 g/mol. The molecule has 1 atom stereocenters. The summed E-state index contributed by atoms with van der Waals surface area (Å²) in [7, 11) is 1.50. The lowest BCUT2D eigenvalue weighted by molar-refractivity contribution is -0.146. The van der Waals surface area contributed by atoms with Crippen LogP contribution in [-0.2, 0) is 9.53 Å². The minimum Gasteiger partial charge on any atom is -0.424 e. The summed E-state index contributed by atoms with van der Waals surface area (Å²) in [6.07, 6.45) is 3.23. The van der Waals surface area contributed by atoms with Crippen LogP contribution < -0.4 is 4.74 Å². The lowest BCUT2D eigenvalue weighted by Crippen LogP contribution is -2.20. The molecule has 0 bridgehead atoms. The van der Waals surface area contributed by atoms with Crippen LogP contribution in [0.4, 0.5) is 0 Å². The minimum atomic E-state index is -0.732. The largest absolute Gasteiger partial charge is 0.424 e. The monoisotopic (exact) mass is 282 g/mol. The molecule has 0 fully saturated rings.